The Hall–Kier alpha value is -0.410. The monoisotopic (exact) mass is 285 g/mol. The molecule has 0 saturated carbocycles. The number of fused-ring (bicyclic) bond motifs is 1. The van der Waals surface area contributed by atoms with E-state index in [-0.39, 0.29) is 0 Å². The third-order valence-corrected chi connectivity index (χ3v) is 2.80. The molecule has 1 aromatic heterocycles. The van der Waals surface area contributed by atoms with Gasteiger partial charge in [0.2, 0.25) is 0 Å². The summed E-state index contributed by atoms with van der Waals surface area (Å²) < 4.78 is 1.96. The van der Waals surface area contributed by atoms with Crippen LogP contribution in [0.2, 0.25) is 0 Å². The first-order valence-corrected chi connectivity index (χ1v) is 5.06. The number of hydrogen-bond acceptors (Lipinski definition) is 1. The van der Waals surface area contributed by atoms with Gasteiger partial charge in [-0.1, -0.05) is 22.0 Å². The minimum absolute atomic E-state index is 0.890. The lowest BCUT2D eigenvalue weighted by Crippen LogP contribution is -1.78. The van der Waals surface area contributed by atoms with Gasteiger partial charge in [0.05, 0.1) is 0 Å². The number of hydrogen-bond donors (Lipinski definition) is 0. The van der Waals surface area contributed by atoms with E-state index in [1.807, 2.05) is 18.2 Å². The highest BCUT2D eigenvalue weighted by Crippen LogP contribution is 2.24. The van der Waals surface area contributed by atoms with Crippen LogP contribution < -0.4 is 0 Å². The fraction of sp³-hybridized carbons (Fsp3) is 0. The van der Waals surface area contributed by atoms with Gasteiger partial charge in [0.1, 0.15) is 4.60 Å². The van der Waals surface area contributed by atoms with E-state index in [0.717, 1.165) is 14.5 Å². The highest BCUT2D eigenvalue weighted by molar-refractivity contribution is 9.11. The van der Waals surface area contributed by atoms with Crippen LogP contribution in [-0.4, -0.2) is 4.98 Å². The Balaban J connectivity index is 2.88. The fourth-order valence-corrected chi connectivity index (χ4v) is 1.93. The topological polar surface area (TPSA) is 12.9 Å². The molecule has 0 bridgehead atoms. The molecular weight excluding hydrogens is 282 g/mol. The normalized spacial score (nSPS) is 10.5. The summed E-state index contributed by atoms with van der Waals surface area (Å²) in [7, 11) is 0. The van der Waals surface area contributed by atoms with Crippen molar-refractivity contribution in [3.05, 3.63) is 39.5 Å². The van der Waals surface area contributed by atoms with E-state index in [1.54, 1.807) is 6.20 Å². The molecule has 0 saturated heterocycles. The molecule has 0 radical (unpaired) electrons. The van der Waals surface area contributed by atoms with Gasteiger partial charge >= 0.3 is 0 Å². The van der Waals surface area contributed by atoms with Gasteiger partial charge in [0.25, 0.3) is 0 Å². The molecule has 1 aromatic carbocycles. The Morgan fingerprint density at radius 3 is 2.75 bits per heavy atom. The maximum Gasteiger partial charge on any atom is 0.113 e. The summed E-state index contributed by atoms with van der Waals surface area (Å²) >= 11 is 6.82. The van der Waals surface area contributed by atoms with Crippen LogP contribution >= 0.6 is 31.9 Å². The summed E-state index contributed by atoms with van der Waals surface area (Å²) in [4.78, 5) is 4.14. The van der Waals surface area contributed by atoms with Gasteiger partial charge in [-0.2, -0.15) is 0 Å². The predicted octanol–water partition coefficient (Wildman–Crippen LogP) is 3.76. The maximum absolute atomic E-state index is 4.14. The molecule has 0 N–H and O–H groups in total. The first-order valence-electron chi connectivity index (χ1n) is 3.47. The van der Waals surface area contributed by atoms with Crippen molar-refractivity contribution in [1.82, 2.24) is 4.98 Å². The summed E-state index contributed by atoms with van der Waals surface area (Å²) in [6.45, 7) is 0. The molecule has 0 aliphatic carbocycles. The minimum atomic E-state index is 0.890. The van der Waals surface area contributed by atoms with Crippen LogP contribution in [0, 0.1) is 0 Å². The van der Waals surface area contributed by atoms with Gasteiger partial charge < -0.3 is 0 Å². The first-order chi connectivity index (χ1) is 5.77. The maximum atomic E-state index is 4.14. The molecule has 1 nitrogen and oxygen atoms in total. The Morgan fingerprint density at radius 1 is 1.08 bits per heavy atom. The van der Waals surface area contributed by atoms with Crippen LogP contribution in [0.15, 0.2) is 39.5 Å². The number of aromatic nitrogens is 1. The zero-order valence-electron chi connectivity index (χ0n) is 6.09. The first kappa shape index (κ1) is 8.20. The third kappa shape index (κ3) is 1.39. The van der Waals surface area contributed by atoms with Crippen molar-refractivity contribution in [2.75, 3.05) is 0 Å². The number of pyridine rings is 1. The van der Waals surface area contributed by atoms with Crippen molar-refractivity contribution in [2.24, 2.45) is 0 Å². The predicted molar refractivity (Wildman–Crippen MR) is 57.1 cm³/mol. The molecule has 12 heavy (non-hydrogen) atoms. The van der Waals surface area contributed by atoms with Crippen LogP contribution in [0.3, 0.4) is 0 Å². The van der Waals surface area contributed by atoms with Crippen LogP contribution in [-0.2, 0) is 0 Å². The third-order valence-electron chi connectivity index (χ3n) is 1.68. The van der Waals surface area contributed by atoms with Gasteiger partial charge in [-0.3, -0.25) is 0 Å². The van der Waals surface area contributed by atoms with Crippen molar-refractivity contribution in [3.63, 3.8) is 0 Å². The van der Waals surface area contributed by atoms with Crippen LogP contribution in [0.1, 0.15) is 0 Å². The molecular formula is C9H5Br2N. The van der Waals surface area contributed by atoms with Gasteiger partial charge in [-0.25, -0.2) is 4.98 Å². The lowest BCUT2D eigenvalue weighted by molar-refractivity contribution is 1.31. The van der Waals surface area contributed by atoms with Crippen molar-refractivity contribution in [1.29, 1.82) is 0 Å². The highest BCUT2D eigenvalue weighted by atomic mass is 79.9. The van der Waals surface area contributed by atoms with Gasteiger partial charge in [0.15, 0.2) is 0 Å². The van der Waals surface area contributed by atoms with Crippen molar-refractivity contribution >= 4 is 42.6 Å². The number of halogens is 2. The largest absolute Gasteiger partial charge is 0.249 e. The van der Waals surface area contributed by atoms with Crippen LogP contribution in [0.5, 0.6) is 0 Å². The second-order valence-corrected chi connectivity index (χ2v) is 4.13. The molecule has 0 atom stereocenters. The average molecular weight is 287 g/mol. The smallest absolute Gasteiger partial charge is 0.113 e. The van der Waals surface area contributed by atoms with E-state index in [1.165, 1.54) is 5.39 Å². The van der Waals surface area contributed by atoms with Crippen molar-refractivity contribution < 1.29 is 0 Å². The second-order valence-electron chi connectivity index (χ2n) is 2.47. The van der Waals surface area contributed by atoms with E-state index < -0.39 is 0 Å². The van der Waals surface area contributed by atoms with E-state index >= 15 is 0 Å². The standard InChI is InChI=1S/C9H5Br2N/c10-7-2-1-6-3-4-12-9(11)8(6)5-7/h1-5H. The lowest BCUT2D eigenvalue weighted by Gasteiger charge is -1.99. The molecule has 0 amide bonds. The lowest BCUT2D eigenvalue weighted by atomic mass is 10.2. The molecule has 0 aliphatic rings. The Bertz CT molecular complexity index is 426. The fourth-order valence-electron chi connectivity index (χ4n) is 1.11. The van der Waals surface area contributed by atoms with Crippen molar-refractivity contribution in [3.8, 4) is 0 Å². The summed E-state index contributed by atoms with van der Waals surface area (Å²) in [5.74, 6) is 0. The molecule has 3 heteroatoms. The number of rotatable bonds is 0. The minimum Gasteiger partial charge on any atom is -0.249 e. The summed E-state index contributed by atoms with van der Waals surface area (Å²) in [6, 6.07) is 8.12. The summed E-state index contributed by atoms with van der Waals surface area (Å²) in [5, 5.41) is 2.33. The van der Waals surface area contributed by atoms with E-state index in [4.69, 9.17) is 0 Å². The SMILES string of the molecule is Brc1ccc2ccnc(Br)c2c1. The van der Waals surface area contributed by atoms with Crippen molar-refractivity contribution in [2.45, 2.75) is 0 Å². The number of benzene rings is 1. The molecule has 0 fully saturated rings. The zero-order chi connectivity index (χ0) is 8.55. The molecule has 2 aromatic rings. The zero-order valence-corrected chi connectivity index (χ0v) is 9.26. The molecule has 0 spiro atoms. The summed E-state index contributed by atoms with van der Waals surface area (Å²) in [5.41, 5.74) is 0. The van der Waals surface area contributed by atoms with E-state index in [2.05, 4.69) is 42.9 Å². The highest BCUT2D eigenvalue weighted by Gasteiger charge is 1.98. The van der Waals surface area contributed by atoms with Gasteiger partial charge in [0, 0.05) is 16.1 Å². The van der Waals surface area contributed by atoms with E-state index in [0.29, 0.717) is 0 Å². The Labute approximate surface area is 87.1 Å². The number of nitrogens with zero attached hydrogens (tertiary/aromatic N) is 1. The van der Waals surface area contributed by atoms with Crippen LogP contribution in [0.25, 0.3) is 10.8 Å². The average Bonchev–Trinajstić information content (AvgIpc) is 2.07. The molecule has 1 heterocycles. The molecule has 0 aliphatic heterocycles. The van der Waals surface area contributed by atoms with Crippen LogP contribution in [0.4, 0.5) is 0 Å². The summed E-state index contributed by atoms with van der Waals surface area (Å²) in [6.07, 6.45) is 1.79. The Kier molecular flexibility index (Phi) is 2.15. The second kappa shape index (κ2) is 3.15. The molecule has 0 unspecified atom stereocenters. The molecule has 60 valence electrons. The van der Waals surface area contributed by atoms with Gasteiger partial charge in [-0.05, 0) is 39.5 Å². The van der Waals surface area contributed by atoms with E-state index in [9.17, 15) is 0 Å². The molecule has 2 rings (SSSR count). The quantitative estimate of drug-likeness (QED) is 0.672. The van der Waals surface area contributed by atoms with Gasteiger partial charge in [-0.15, -0.1) is 0 Å². The Morgan fingerprint density at radius 2 is 1.92 bits per heavy atom.